The van der Waals surface area contributed by atoms with Crippen LogP contribution in [0.4, 0.5) is 0 Å². The number of carbonyl (C=O) groups is 2. The fraction of sp³-hybridized carbons (Fsp3) is 0.946. The molecule has 0 radical (unpaired) electrons. The molecule has 3 unspecified atom stereocenters. The van der Waals surface area contributed by atoms with Gasteiger partial charge in [-0.25, -0.2) is 0 Å². The van der Waals surface area contributed by atoms with Crippen molar-refractivity contribution in [3.63, 3.8) is 0 Å². The van der Waals surface area contributed by atoms with Crippen LogP contribution in [0.2, 0.25) is 0 Å². The molecule has 2 aliphatic heterocycles. The van der Waals surface area contributed by atoms with Crippen molar-refractivity contribution in [2.45, 2.75) is 149 Å². The molecule has 4 aliphatic carbocycles. The van der Waals surface area contributed by atoms with Crippen molar-refractivity contribution in [3.8, 4) is 0 Å². The molecule has 6 nitrogen and oxygen atoms in total. The van der Waals surface area contributed by atoms with Crippen molar-refractivity contribution >= 4 is 11.9 Å². The first-order valence-electron chi connectivity index (χ1n) is 18.5. The predicted molar refractivity (Wildman–Crippen MR) is 170 cm³/mol. The van der Waals surface area contributed by atoms with Crippen molar-refractivity contribution in [2.24, 2.45) is 40.4 Å². The van der Waals surface area contributed by atoms with Gasteiger partial charge in [0.2, 0.25) is 0 Å². The van der Waals surface area contributed by atoms with E-state index in [1.165, 1.54) is 94.6 Å². The molecule has 4 saturated carbocycles. The van der Waals surface area contributed by atoms with E-state index in [1.54, 1.807) is 6.92 Å². The van der Waals surface area contributed by atoms with E-state index in [1.807, 2.05) is 13.8 Å². The summed E-state index contributed by atoms with van der Waals surface area (Å²) in [4.78, 5) is 28.2. The predicted octanol–water partition coefficient (Wildman–Crippen LogP) is 4.00. The second kappa shape index (κ2) is 13.5. The summed E-state index contributed by atoms with van der Waals surface area (Å²) < 4.78 is 14.0. The maximum Gasteiger partial charge on any atom is 0.308 e. The van der Waals surface area contributed by atoms with Gasteiger partial charge in [-0.15, -0.1) is 0 Å². The van der Waals surface area contributed by atoms with Gasteiger partial charge in [-0.2, -0.15) is 0 Å². The van der Waals surface area contributed by atoms with Crippen molar-refractivity contribution in [2.75, 3.05) is 32.7 Å². The smallest absolute Gasteiger partial charge is 0.308 e. The first kappa shape index (κ1) is 34.7. The summed E-state index contributed by atoms with van der Waals surface area (Å²) in [6.07, 6.45) is 16.3. The second-order valence-electron chi connectivity index (χ2n) is 16.8. The minimum absolute atomic E-state index is 0. The number of esters is 2. The molecule has 44 heavy (non-hydrogen) atoms. The number of ether oxygens (including phenoxy) is 2. The van der Waals surface area contributed by atoms with E-state index in [-0.39, 0.29) is 57.9 Å². The molecule has 252 valence electrons. The molecule has 0 amide bonds. The summed E-state index contributed by atoms with van der Waals surface area (Å²) in [5.41, 5.74) is 0.360. The maximum atomic E-state index is 12.9. The highest BCUT2D eigenvalue weighted by atomic mass is 79.9. The number of rotatable bonds is 6. The number of hydrogen-bond donors (Lipinski definition) is 0. The Hall–Kier alpha value is -0.660. The lowest BCUT2D eigenvalue weighted by atomic mass is 9.44. The molecular weight excluding hydrogens is 616 g/mol. The molecule has 6 aliphatic rings. The first-order chi connectivity index (χ1) is 20.5. The minimum Gasteiger partial charge on any atom is -1.00 e. The third kappa shape index (κ3) is 5.95. The van der Waals surface area contributed by atoms with Crippen LogP contribution in [-0.4, -0.2) is 78.3 Å². The van der Waals surface area contributed by atoms with Gasteiger partial charge in [0, 0.05) is 24.8 Å². The Kier molecular flexibility index (Phi) is 10.6. The number of piperidine rings is 2. The summed E-state index contributed by atoms with van der Waals surface area (Å²) in [6, 6.07) is 0.796. The number of carbonyl (C=O) groups excluding carboxylic acids is 2. The summed E-state index contributed by atoms with van der Waals surface area (Å²) in [5.74, 6) is 2.51. The van der Waals surface area contributed by atoms with E-state index >= 15 is 0 Å². The third-order valence-electron chi connectivity index (χ3n) is 14.5. The van der Waals surface area contributed by atoms with Crippen LogP contribution in [-0.2, 0) is 19.1 Å². The lowest BCUT2D eigenvalue weighted by Crippen LogP contribution is -3.00. The average molecular weight is 680 g/mol. The Labute approximate surface area is 279 Å². The van der Waals surface area contributed by atoms with Crippen LogP contribution in [0, 0.1) is 40.4 Å². The molecule has 0 aromatic carbocycles. The van der Waals surface area contributed by atoms with Crippen LogP contribution in [0.3, 0.4) is 0 Å². The molecule has 0 aromatic rings. The largest absolute Gasteiger partial charge is 1.00 e. The molecule has 6 fully saturated rings. The van der Waals surface area contributed by atoms with E-state index in [0.717, 1.165) is 26.1 Å². The van der Waals surface area contributed by atoms with Gasteiger partial charge in [-0.05, 0) is 120 Å². The SMILES string of the molecule is CC[N+]1([C@H]2CC3C4CC[C@H]5C[C@H](OC(=O)C(C)C)[C@@H](N6CCCCC6)C[C@]5(C)C4CC[C@]3(C)[C@H]2OC(C)=O)CCCCC1.[Br-]. The number of hydrogen-bond acceptors (Lipinski definition) is 5. The zero-order chi connectivity index (χ0) is 30.6. The molecule has 0 aromatic heterocycles. The summed E-state index contributed by atoms with van der Waals surface area (Å²) >= 11 is 0. The van der Waals surface area contributed by atoms with Crippen LogP contribution in [0.15, 0.2) is 0 Å². The Balaban J connectivity index is 0.00000384. The summed E-state index contributed by atoms with van der Waals surface area (Å²) in [6.45, 7) is 19.1. The normalized spacial score (nSPS) is 43.6. The maximum absolute atomic E-state index is 12.9. The summed E-state index contributed by atoms with van der Waals surface area (Å²) in [5, 5.41) is 0. The van der Waals surface area contributed by atoms with Gasteiger partial charge in [0.05, 0.1) is 25.6 Å². The number of likely N-dealkylation sites (tertiary alicyclic amines) is 2. The van der Waals surface area contributed by atoms with E-state index in [0.29, 0.717) is 35.8 Å². The highest BCUT2D eigenvalue weighted by molar-refractivity contribution is 5.71. The zero-order valence-corrected chi connectivity index (χ0v) is 30.4. The van der Waals surface area contributed by atoms with Gasteiger partial charge in [0.1, 0.15) is 12.1 Å². The second-order valence-corrected chi connectivity index (χ2v) is 16.8. The van der Waals surface area contributed by atoms with Gasteiger partial charge in [-0.3, -0.25) is 14.5 Å². The fourth-order valence-electron chi connectivity index (χ4n) is 12.2. The monoisotopic (exact) mass is 678 g/mol. The number of nitrogens with zero attached hydrogens (tertiary/aromatic N) is 2. The highest BCUT2D eigenvalue weighted by Crippen LogP contribution is 2.68. The molecule has 7 heteroatoms. The van der Waals surface area contributed by atoms with Crippen molar-refractivity contribution in [1.29, 1.82) is 0 Å². The van der Waals surface area contributed by atoms with Gasteiger partial charge in [0.15, 0.2) is 6.10 Å². The molecule has 0 spiro atoms. The van der Waals surface area contributed by atoms with Crippen molar-refractivity contribution in [1.82, 2.24) is 4.90 Å². The molecular formula is C37H63BrN2O4. The molecule has 2 heterocycles. The Morgan fingerprint density at radius 3 is 2.20 bits per heavy atom. The van der Waals surface area contributed by atoms with Crippen molar-refractivity contribution < 1.29 is 40.5 Å². The number of quaternary nitrogens is 1. The van der Waals surface area contributed by atoms with Crippen LogP contribution >= 0.6 is 0 Å². The van der Waals surface area contributed by atoms with Gasteiger partial charge in [-0.1, -0.05) is 34.1 Å². The minimum atomic E-state index is -0.0837. The lowest BCUT2D eigenvalue weighted by Gasteiger charge is -2.62. The highest BCUT2D eigenvalue weighted by Gasteiger charge is 2.67. The Bertz CT molecular complexity index is 1020. The van der Waals surface area contributed by atoms with Crippen LogP contribution in [0.25, 0.3) is 0 Å². The number of likely N-dealkylation sites (N-methyl/N-ethyl adjacent to an activating group) is 1. The number of fused-ring (bicyclic) bond motifs is 5. The Morgan fingerprint density at radius 2 is 1.57 bits per heavy atom. The summed E-state index contributed by atoms with van der Waals surface area (Å²) in [7, 11) is 0. The topological polar surface area (TPSA) is 55.8 Å². The molecule has 6 rings (SSSR count). The van der Waals surface area contributed by atoms with Gasteiger partial charge < -0.3 is 30.9 Å². The van der Waals surface area contributed by atoms with Gasteiger partial charge in [0.25, 0.3) is 0 Å². The molecule has 0 bridgehead atoms. The quantitative estimate of drug-likeness (QED) is 0.314. The first-order valence-corrected chi connectivity index (χ1v) is 18.5. The molecule has 2 saturated heterocycles. The van der Waals surface area contributed by atoms with E-state index in [4.69, 9.17) is 9.47 Å². The third-order valence-corrected chi connectivity index (χ3v) is 14.5. The van der Waals surface area contributed by atoms with E-state index < -0.39 is 0 Å². The van der Waals surface area contributed by atoms with Crippen LogP contribution in [0.5, 0.6) is 0 Å². The fourth-order valence-corrected chi connectivity index (χ4v) is 12.2. The average Bonchev–Trinajstić information content (AvgIpc) is 3.29. The van der Waals surface area contributed by atoms with Crippen molar-refractivity contribution in [3.05, 3.63) is 0 Å². The lowest BCUT2D eigenvalue weighted by molar-refractivity contribution is -0.956. The Morgan fingerprint density at radius 1 is 0.886 bits per heavy atom. The zero-order valence-electron chi connectivity index (χ0n) is 28.8. The van der Waals surface area contributed by atoms with Crippen LogP contribution < -0.4 is 17.0 Å². The number of halogens is 1. The van der Waals surface area contributed by atoms with Gasteiger partial charge >= 0.3 is 11.9 Å². The van der Waals surface area contributed by atoms with E-state index in [9.17, 15) is 9.59 Å². The van der Waals surface area contributed by atoms with Crippen LogP contribution in [0.1, 0.15) is 125 Å². The van der Waals surface area contributed by atoms with E-state index in [2.05, 4.69) is 25.7 Å². The standard InChI is InChI=1S/C37H63N2O4.BrH/c1-7-39(20-12-9-13-21-39)32-23-30-28-15-14-27-22-33(43-35(41)25(2)3)31(38-18-10-8-11-19-38)24-37(27,6)29(28)16-17-36(30,5)34(32)42-26(4)40;/h25,27-34H,7-24H2,1-6H3;1H/q+1;/p-1/t27-,28?,29?,30?,31-,32-,33-,34-,36-,37-;/m0./s1. The molecule has 0 N–H and O–H groups in total. The molecule has 10 atom stereocenters.